The van der Waals surface area contributed by atoms with Crippen molar-refractivity contribution in [1.82, 2.24) is 15.5 Å². The van der Waals surface area contributed by atoms with Gasteiger partial charge in [-0.15, -0.1) is 21.5 Å². The van der Waals surface area contributed by atoms with Crippen molar-refractivity contribution < 1.29 is 9.21 Å². The number of carbonyl (C=O) groups excluding carboxylic acids is 1. The molecule has 0 unspecified atom stereocenters. The number of nitrogens with one attached hydrogen (secondary N) is 1. The van der Waals surface area contributed by atoms with Crippen LogP contribution in [0.4, 0.5) is 0 Å². The summed E-state index contributed by atoms with van der Waals surface area (Å²) in [4.78, 5) is 12.0. The summed E-state index contributed by atoms with van der Waals surface area (Å²) in [6.07, 6.45) is 0.450. The van der Waals surface area contributed by atoms with E-state index in [4.69, 9.17) is 4.42 Å². The molecule has 0 spiro atoms. The van der Waals surface area contributed by atoms with Crippen LogP contribution < -0.4 is 5.32 Å². The third-order valence-electron chi connectivity index (χ3n) is 1.96. The molecule has 0 aliphatic heterocycles. The molecule has 5 nitrogen and oxygen atoms in total. The molecule has 0 fully saturated rings. The lowest BCUT2D eigenvalue weighted by molar-refractivity contribution is -0.121. The van der Waals surface area contributed by atoms with Gasteiger partial charge in [0.2, 0.25) is 11.8 Å². The molecule has 6 heteroatoms. The molecule has 2 aromatic rings. The Kier molecular flexibility index (Phi) is 3.31. The lowest BCUT2D eigenvalue weighted by Crippen LogP contribution is -2.21. The summed E-state index contributed by atoms with van der Waals surface area (Å²) >= 11 is 1.53. The molecule has 0 aliphatic carbocycles. The Balaban J connectivity index is 2.00. The summed E-state index contributed by atoms with van der Waals surface area (Å²) in [5.41, 5.74) is 0. The van der Waals surface area contributed by atoms with Crippen LogP contribution in [0.25, 0.3) is 10.8 Å². The van der Waals surface area contributed by atoms with Gasteiger partial charge in [-0.25, -0.2) is 0 Å². The highest BCUT2D eigenvalue weighted by atomic mass is 32.1. The molecular formula is C10H11N3O2S. The Morgan fingerprint density at radius 1 is 1.56 bits per heavy atom. The van der Waals surface area contributed by atoms with E-state index >= 15 is 0 Å². The van der Waals surface area contributed by atoms with Crippen molar-refractivity contribution in [1.29, 1.82) is 0 Å². The highest BCUT2D eigenvalue weighted by Crippen LogP contribution is 2.22. The van der Waals surface area contributed by atoms with Crippen molar-refractivity contribution in [2.24, 2.45) is 0 Å². The molecule has 0 aliphatic rings. The lowest BCUT2D eigenvalue weighted by atomic mass is 10.4. The maximum Gasteiger partial charge on any atom is 0.257 e. The van der Waals surface area contributed by atoms with Crippen LogP contribution in [0.2, 0.25) is 0 Å². The van der Waals surface area contributed by atoms with Gasteiger partial charge in [0.05, 0.1) is 11.4 Å². The van der Waals surface area contributed by atoms with E-state index in [0.717, 1.165) is 4.88 Å². The zero-order valence-electron chi connectivity index (χ0n) is 8.77. The molecule has 2 heterocycles. The van der Waals surface area contributed by atoms with E-state index in [1.165, 1.54) is 11.3 Å². The summed E-state index contributed by atoms with van der Waals surface area (Å²) in [5, 5.41) is 12.4. The third kappa shape index (κ3) is 2.46. The average molecular weight is 237 g/mol. The summed E-state index contributed by atoms with van der Waals surface area (Å²) in [7, 11) is 0. The molecule has 84 valence electrons. The fraction of sp³-hybridized carbons (Fsp3) is 0.300. The van der Waals surface area contributed by atoms with Gasteiger partial charge in [0.25, 0.3) is 5.89 Å². The molecule has 2 rings (SSSR count). The number of nitrogens with zero attached hydrogens (tertiary/aromatic N) is 2. The zero-order chi connectivity index (χ0) is 11.4. The minimum absolute atomic E-state index is 0.0316. The molecule has 0 saturated carbocycles. The fourth-order valence-electron chi connectivity index (χ4n) is 1.12. The first-order chi connectivity index (χ1) is 7.79. The topological polar surface area (TPSA) is 68.0 Å². The van der Waals surface area contributed by atoms with E-state index in [1.807, 2.05) is 17.5 Å². The smallest absolute Gasteiger partial charge is 0.257 e. The quantitative estimate of drug-likeness (QED) is 0.880. The Morgan fingerprint density at radius 3 is 3.12 bits per heavy atom. The average Bonchev–Trinajstić information content (AvgIpc) is 2.95. The van der Waals surface area contributed by atoms with Crippen LogP contribution in [0, 0.1) is 0 Å². The van der Waals surface area contributed by atoms with Crippen molar-refractivity contribution in [3.63, 3.8) is 0 Å². The SMILES string of the molecule is CCC(=O)NCc1nnc(-c2cccs2)o1. The first kappa shape index (κ1) is 10.8. The summed E-state index contributed by atoms with van der Waals surface area (Å²) in [6.45, 7) is 2.07. The minimum Gasteiger partial charge on any atom is -0.418 e. The molecule has 0 atom stereocenters. The second-order valence-corrected chi connectivity index (χ2v) is 4.06. The number of amides is 1. The summed E-state index contributed by atoms with van der Waals surface area (Å²) in [6, 6.07) is 3.83. The van der Waals surface area contributed by atoms with Crippen LogP contribution in [0.1, 0.15) is 19.2 Å². The van der Waals surface area contributed by atoms with Gasteiger partial charge in [0.15, 0.2) is 0 Å². The Labute approximate surface area is 96.5 Å². The van der Waals surface area contributed by atoms with Crippen molar-refractivity contribution in [2.45, 2.75) is 19.9 Å². The van der Waals surface area contributed by atoms with Gasteiger partial charge in [-0.2, -0.15) is 0 Å². The van der Waals surface area contributed by atoms with Crippen molar-refractivity contribution >= 4 is 17.2 Å². The third-order valence-corrected chi connectivity index (χ3v) is 2.81. The van der Waals surface area contributed by atoms with Gasteiger partial charge >= 0.3 is 0 Å². The van der Waals surface area contributed by atoms with Gasteiger partial charge in [-0.3, -0.25) is 4.79 Å². The van der Waals surface area contributed by atoms with Gasteiger partial charge in [-0.1, -0.05) is 13.0 Å². The Bertz CT molecular complexity index is 464. The van der Waals surface area contributed by atoms with Crippen LogP contribution in [-0.2, 0) is 11.3 Å². The maximum absolute atomic E-state index is 11.0. The van der Waals surface area contributed by atoms with Crippen LogP contribution >= 0.6 is 11.3 Å². The second kappa shape index (κ2) is 4.89. The fourth-order valence-corrected chi connectivity index (χ4v) is 1.77. The lowest BCUT2D eigenvalue weighted by Gasteiger charge is -1.97. The number of rotatable bonds is 4. The van der Waals surface area contributed by atoms with Crippen LogP contribution in [0.3, 0.4) is 0 Å². The van der Waals surface area contributed by atoms with E-state index in [9.17, 15) is 4.79 Å². The number of thiophene rings is 1. The number of hydrogen-bond acceptors (Lipinski definition) is 5. The van der Waals surface area contributed by atoms with Gasteiger partial charge in [-0.05, 0) is 11.4 Å². The van der Waals surface area contributed by atoms with E-state index in [0.29, 0.717) is 18.2 Å². The largest absolute Gasteiger partial charge is 0.418 e. The molecule has 0 saturated heterocycles. The molecule has 0 radical (unpaired) electrons. The number of aromatic nitrogens is 2. The van der Waals surface area contributed by atoms with Gasteiger partial charge in [0.1, 0.15) is 0 Å². The molecule has 2 aromatic heterocycles. The predicted molar refractivity (Wildman–Crippen MR) is 59.7 cm³/mol. The van der Waals surface area contributed by atoms with E-state index in [2.05, 4.69) is 15.5 Å². The van der Waals surface area contributed by atoms with Crippen molar-refractivity contribution in [3.8, 4) is 10.8 Å². The summed E-state index contributed by atoms with van der Waals surface area (Å²) < 4.78 is 5.40. The normalized spacial score (nSPS) is 10.3. The second-order valence-electron chi connectivity index (χ2n) is 3.11. The molecule has 1 amide bonds. The number of carbonyl (C=O) groups is 1. The van der Waals surface area contributed by atoms with E-state index in [-0.39, 0.29) is 12.5 Å². The Morgan fingerprint density at radius 2 is 2.44 bits per heavy atom. The molecule has 0 aromatic carbocycles. The zero-order valence-corrected chi connectivity index (χ0v) is 9.58. The standard InChI is InChI=1S/C10H11N3O2S/c1-2-8(14)11-6-9-12-13-10(15-9)7-4-3-5-16-7/h3-5H,2,6H2,1H3,(H,11,14). The van der Waals surface area contributed by atoms with E-state index < -0.39 is 0 Å². The monoisotopic (exact) mass is 237 g/mol. The molecule has 16 heavy (non-hydrogen) atoms. The highest BCUT2D eigenvalue weighted by Gasteiger charge is 2.09. The van der Waals surface area contributed by atoms with Gasteiger partial charge < -0.3 is 9.73 Å². The first-order valence-electron chi connectivity index (χ1n) is 4.92. The van der Waals surface area contributed by atoms with Crippen LogP contribution in [-0.4, -0.2) is 16.1 Å². The highest BCUT2D eigenvalue weighted by molar-refractivity contribution is 7.13. The minimum atomic E-state index is -0.0316. The van der Waals surface area contributed by atoms with Crippen LogP contribution in [0.15, 0.2) is 21.9 Å². The predicted octanol–water partition coefficient (Wildman–Crippen LogP) is 1.82. The molecule has 0 bridgehead atoms. The maximum atomic E-state index is 11.0. The summed E-state index contributed by atoms with van der Waals surface area (Å²) in [5.74, 6) is 0.886. The van der Waals surface area contributed by atoms with Crippen molar-refractivity contribution in [3.05, 3.63) is 23.4 Å². The van der Waals surface area contributed by atoms with Crippen molar-refractivity contribution in [2.75, 3.05) is 0 Å². The molecule has 1 N–H and O–H groups in total. The number of hydrogen-bond donors (Lipinski definition) is 1. The van der Waals surface area contributed by atoms with Gasteiger partial charge in [0, 0.05) is 6.42 Å². The first-order valence-corrected chi connectivity index (χ1v) is 5.80. The van der Waals surface area contributed by atoms with E-state index in [1.54, 1.807) is 6.92 Å². The molecular weight excluding hydrogens is 226 g/mol. The Hall–Kier alpha value is -1.69. The van der Waals surface area contributed by atoms with Crippen LogP contribution in [0.5, 0.6) is 0 Å².